The summed E-state index contributed by atoms with van der Waals surface area (Å²) >= 11 is 0. The van der Waals surface area contributed by atoms with Crippen molar-refractivity contribution in [2.24, 2.45) is 0 Å². The lowest BCUT2D eigenvalue weighted by Gasteiger charge is -2.04. The Morgan fingerprint density at radius 2 is 2.00 bits per heavy atom. The third-order valence-electron chi connectivity index (χ3n) is 4.06. The van der Waals surface area contributed by atoms with Crippen molar-refractivity contribution in [3.05, 3.63) is 59.0 Å². The highest BCUT2D eigenvalue weighted by molar-refractivity contribution is 5.95. The summed E-state index contributed by atoms with van der Waals surface area (Å²) in [6.45, 7) is 4.45. The number of rotatable bonds is 4. The first-order valence-corrected chi connectivity index (χ1v) is 7.16. The van der Waals surface area contributed by atoms with Crippen LogP contribution in [-0.2, 0) is 12.8 Å². The van der Waals surface area contributed by atoms with E-state index in [0.717, 1.165) is 18.6 Å². The van der Waals surface area contributed by atoms with Crippen molar-refractivity contribution in [3.63, 3.8) is 0 Å². The Balaban J connectivity index is 1.97. The molecule has 0 radical (unpaired) electrons. The highest BCUT2D eigenvalue weighted by Crippen LogP contribution is 2.39. The summed E-state index contributed by atoms with van der Waals surface area (Å²) < 4.78 is 5.79. The molecule has 0 atom stereocenters. The first-order chi connectivity index (χ1) is 9.31. The van der Waals surface area contributed by atoms with Gasteiger partial charge in [0.2, 0.25) is 0 Å². The van der Waals surface area contributed by atoms with Gasteiger partial charge in [0.05, 0.1) is 6.26 Å². The van der Waals surface area contributed by atoms with Crippen molar-refractivity contribution < 1.29 is 4.42 Å². The number of furan rings is 1. The summed E-state index contributed by atoms with van der Waals surface area (Å²) in [5.74, 6) is 1.11. The molecule has 0 unspecified atom stereocenters. The smallest absolute Gasteiger partial charge is 0.133 e. The van der Waals surface area contributed by atoms with E-state index in [9.17, 15) is 0 Å². The van der Waals surface area contributed by atoms with Crippen molar-refractivity contribution >= 4 is 11.1 Å². The average Bonchev–Trinajstić information content (AvgIpc) is 3.01. The van der Waals surface area contributed by atoms with Crippen LogP contribution in [0.25, 0.3) is 11.1 Å². The van der Waals surface area contributed by atoms with E-state index >= 15 is 0 Å². The Bertz CT molecular complexity index is 616. The molecular weight excluding hydrogens is 232 g/mol. The van der Waals surface area contributed by atoms with Gasteiger partial charge in [0, 0.05) is 12.0 Å². The van der Waals surface area contributed by atoms with Gasteiger partial charge in [-0.1, -0.05) is 37.6 Å². The van der Waals surface area contributed by atoms with Crippen LogP contribution in [0.2, 0.25) is 0 Å². The monoisotopic (exact) mass is 252 g/mol. The van der Waals surface area contributed by atoms with Gasteiger partial charge in [-0.05, 0) is 48.1 Å². The second kappa shape index (κ2) is 5.08. The van der Waals surface area contributed by atoms with E-state index in [1.54, 1.807) is 0 Å². The predicted molar refractivity (Wildman–Crippen MR) is 80.0 cm³/mol. The zero-order chi connectivity index (χ0) is 13.2. The normalized spacial score (nSPS) is 14.0. The van der Waals surface area contributed by atoms with E-state index in [1.165, 1.54) is 40.7 Å². The second-order valence-electron chi connectivity index (χ2n) is 5.32. The van der Waals surface area contributed by atoms with E-state index in [-0.39, 0.29) is 0 Å². The Hall–Kier alpha value is -1.76. The topological polar surface area (TPSA) is 13.1 Å². The van der Waals surface area contributed by atoms with Crippen LogP contribution in [0.15, 0.2) is 41.0 Å². The first-order valence-electron chi connectivity index (χ1n) is 7.16. The van der Waals surface area contributed by atoms with E-state index < -0.39 is 0 Å². The minimum absolute atomic E-state index is 1.01. The second-order valence-corrected chi connectivity index (χ2v) is 5.32. The number of allylic oxidation sites excluding steroid dienone is 2. The molecule has 1 aliphatic rings. The molecule has 1 aliphatic carbocycles. The minimum Gasteiger partial charge on any atom is -0.464 e. The summed E-state index contributed by atoms with van der Waals surface area (Å²) in [4.78, 5) is 0. The minimum atomic E-state index is 1.01. The van der Waals surface area contributed by atoms with Crippen LogP contribution in [0.3, 0.4) is 0 Å². The van der Waals surface area contributed by atoms with Crippen LogP contribution in [0.4, 0.5) is 0 Å². The lowest BCUT2D eigenvalue weighted by molar-refractivity contribution is 0.547. The van der Waals surface area contributed by atoms with E-state index in [4.69, 9.17) is 4.42 Å². The molecule has 0 saturated carbocycles. The molecule has 0 amide bonds. The summed E-state index contributed by atoms with van der Waals surface area (Å²) in [5.41, 5.74) is 6.92. The van der Waals surface area contributed by atoms with Crippen LogP contribution < -0.4 is 0 Å². The van der Waals surface area contributed by atoms with Gasteiger partial charge in [-0.2, -0.15) is 0 Å². The van der Waals surface area contributed by atoms with E-state index in [0.29, 0.717) is 0 Å². The van der Waals surface area contributed by atoms with Gasteiger partial charge in [-0.25, -0.2) is 0 Å². The molecule has 3 rings (SSSR count). The lowest BCUT2D eigenvalue weighted by Crippen LogP contribution is -1.91. The number of unbranched alkanes of at least 4 members (excludes halogenated alkanes) is 1. The number of aryl methyl sites for hydroxylation is 1. The Morgan fingerprint density at radius 3 is 2.79 bits per heavy atom. The summed E-state index contributed by atoms with van der Waals surface area (Å²) in [6.07, 6.45) is 6.42. The molecule has 1 heteroatoms. The van der Waals surface area contributed by atoms with Crippen molar-refractivity contribution in [2.45, 2.75) is 39.5 Å². The van der Waals surface area contributed by atoms with Crippen molar-refractivity contribution in [2.75, 3.05) is 0 Å². The molecule has 1 aromatic carbocycles. The maximum Gasteiger partial charge on any atom is 0.133 e. The predicted octanol–water partition coefficient (Wildman–Crippen LogP) is 5.11. The molecule has 0 saturated heterocycles. The quantitative estimate of drug-likeness (QED) is 0.737. The van der Waals surface area contributed by atoms with Crippen molar-refractivity contribution in [3.8, 4) is 0 Å². The lowest BCUT2D eigenvalue weighted by atomic mass is 10.0. The molecule has 19 heavy (non-hydrogen) atoms. The largest absolute Gasteiger partial charge is 0.464 e. The summed E-state index contributed by atoms with van der Waals surface area (Å²) in [7, 11) is 0. The zero-order valence-corrected chi connectivity index (χ0v) is 11.7. The van der Waals surface area contributed by atoms with Crippen LogP contribution in [0, 0.1) is 0 Å². The average molecular weight is 252 g/mol. The Morgan fingerprint density at radius 1 is 1.16 bits per heavy atom. The molecule has 0 bridgehead atoms. The Kier molecular flexibility index (Phi) is 3.29. The maximum atomic E-state index is 5.79. The van der Waals surface area contributed by atoms with Gasteiger partial charge in [-0.15, -0.1) is 0 Å². The molecule has 98 valence electrons. The van der Waals surface area contributed by atoms with Gasteiger partial charge >= 0.3 is 0 Å². The Labute approximate surface area is 115 Å². The van der Waals surface area contributed by atoms with Gasteiger partial charge < -0.3 is 4.42 Å². The maximum absolute atomic E-state index is 5.79. The van der Waals surface area contributed by atoms with Gasteiger partial charge in [-0.3, -0.25) is 0 Å². The fourth-order valence-corrected chi connectivity index (χ4v) is 2.94. The molecule has 1 aromatic heterocycles. The molecule has 0 spiro atoms. The van der Waals surface area contributed by atoms with Crippen LogP contribution in [0.1, 0.15) is 49.1 Å². The molecule has 0 N–H and O–H groups in total. The zero-order valence-electron chi connectivity index (χ0n) is 11.7. The van der Waals surface area contributed by atoms with Crippen molar-refractivity contribution in [1.29, 1.82) is 0 Å². The standard InChI is InChI=1S/C18H20O/c1-3-4-7-14-10-11-19-18(14)17-12-15-8-5-6-9-16(15)13(17)2/h5-6,8-11H,3-4,7,12H2,1-2H3. The third-order valence-corrected chi connectivity index (χ3v) is 4.06. The fourth-order valence-electron chi connectivity index (χ4n) is 2.94. The van der Waals surface area contributed by atoms with Crippen LogP contribution >= 0.6 is 0 Å². The highest BCUT2D eigenvalue weighted by atomic mass is 16.3. The molecule has 1 heterocycles. The molecule has 0 fully saturated rings. The van der Waals surface area contributed by atoms with E-state index in [2.05, 4.69) is 44.2 Å². The number of hydrogen-bond donors (Lipinski definition) is 0. The highest BCUT2D eigenvalue weighted by Gasteiger charge is 2.22. The van der Waals surface area contributed by atoms with Crippen LogP contribution in [-0.4, -0.2) is 0 Å². The summed E-state index contributed by atoms with van der Waals surface area (Å²) in [5, 5.41) is 0. The fraction of sp³-hybridized carbons (Fsp3) is 0.333. The molecular formula is C18H20O. The van der Waals surface area contributed by atoms with Crippen LogP contribution in [0.5, 0.6) is 0 Å². The van der Waals surface area contributed by atoms with E-state index in [1.807, 2.05) is 6.26 Å². The van der Waals surface area contributed by atoms with Gasteiger partial charge in [0.25, 0.3) is 0 Å². The first kappa shape index (κ1) is 12.3. The third kappa shape index (κ3) is 2.14. The SMILES string of the molecule is CCCCc1ccoc1C1=C(C)c2ccccc2C1. The van der Waals surface area contributed by atoms with Gasteiger partial charge in [0.15, 0.2) is 0 Å². The molecule has 2 aromatic rings. The number of fused-ring (bicyclic) bond motifs is 1. The number of hydrogen-bond acceptors (Lipinski definition) is 1. The van der Waals surface area contributed by atoms with Crippen molar-refractivity contribution in [1.82, 2.24) is 0 Å². The molecule has 1 nitrogen and oxygen atoms in total. The number of benzene rings is 1. The van der Waals surface area contributed by atoms with Gasteiger partial charge in [0.1, 0.15) is 5.76 Å². The summed E-state index contributed by atoms with van der Waals surface area (Å²) in [6, 6.07) is 10.8. The molecule has 0 aliphatic heterocycles.